The maximum Gasteiger partial charge on any atom is 0.147 e. The lowest BCUT2D eigenvalue weighted by Gasteiger charge is -2.38. The van der Waals surface area contributed by atoms with E-state index >= 15 is 0 Å². The van der Waals surface area contributed by atoms with E-state index in [1.807, 2.05) is 6.07 Å². The molecule has 1 aromatic rings. The van der Waals surface area contributed by atoms with Crippen LogP contribution in [0.4, 0.5) is 10.1 Å². The van der Waals surface area contributed by atoms with E-state index in [4.69, 9.17) is 11.0 Å². The molecule has 23 heavy (non-hydrogen) atoms. The molecule has 3 nitrogen and oxygen atoms in total. The first-order valence-corrected chi connectivity index (χ1v) is 8.87. The van der Waals surface area contributed by atoms with Crippen LogP contribution in [0, 0.1) is 29.0 Å². The van der Waals surface area contributed by atoms with Gasteiger partial charge in [0, 0.05) is 19.1 Å². The summed E-state index contributed by atoms with van der Waals surface area (Å²) in [6, 6.07) is 7.15. The molecule has 2 N–H and O–H groups in total. The van der Waals surface area contributed by atoms with Gasteiger partial charge in [0.05, 0.1) is 17.3 Å². The highest BCUT2D eigenvalue weighted by atomic mass is 19.1. The molecule has 1 aliphatic heterocycles. The van der Waals surface area contributed by atoms with Gasteiger partial charge in [-0.2, -0.15) is 5.26 Å². The van der Waals surface area contributed by atoms with Crippen LogP contribution >= 0.6 is 0 Å². The Balaban J connectivity index is 1.65. The van der Waals surface area contributed by atoms with Crippen molar-refractivity contribution in [2.45, 2.75) is 51.0 Å². The number of halogens is 1. The molecule has 1 unspecified atom stereocenters. The molecular weight excluding hydrogens is 289 g/mol. The maximum absolute atomic E-state index is 14.3. The van der Waals surface area contributed by atoms with Crippen LogP contribution in [0.2, 0.25) is 0 Å². The van der Waals surface area contributed by atoms with Gasteiger partial charge in [0.15, 0.2) is 0 Å². The Hall–Kier alpha value is -1.60. The number of piperidine rings is 1. The Labute approximate surface area is 138 Å². The Morgan fingerprint density at radius 3 is 2.78 bits per heavy atom. The van der Waals surface area contributed by atoms with Crippen LogP contribution in [0.1, 0.15) is 50.5 Å². The molecule has 1 aliphatic carbocycles. The van der Waals surface area contributed by atoms with Gasteiger partial charge in [-0.15, -0.1) is 0 Å². The minimum absolute atomic E-state index is 0.279. The van der Waals surface area contributed by atoms with Crippen molar-refractivity contribution in [1.29, 1.82) is 5.26 Å². The summed E-state index contributed by atoms with van der Waals surface area (Å²) in [5, 5.41) is 8.87. The predicted molar refractivity (Wildman–Crippen MR) is 90.6 cm³/mol. The molecule has 3 rings (SSSR count). The molecule has 3 atom stereocenters. The van der Waals surface area contributed by atoms with Gasteiger partial charge in [-0.05, 0) is 62.1 Å². The van der Waals surface area contributed by atoms with Crippen molar-refractivity contribution in [3.05, 3.63) is 29.6 Å². The van der Waals surface area contributed by atoms with Gasteiger partial charge in [-0.1, -0.05) is 12.8 Å². The minimum atomic E-state index is -0.279. The molecule has 1 heterocycles. The van der Waals surface area contributed by atoms with Crippen molar-refractivity contribution in [2.24, 2.45) is 17.6 Å². The van der Waals surface area contributed by atoms with Crippen molar-refractivity contribution in [1.82, 2.24) is 0 Å². The molecule has 4 heteroatoms. The molecule has 1 saturated heterocycles. The van der Waals surface area contributed by atoms with Gasteiger partial charge in [0.25, 0.3) is 0 Å². The van der Waals surface area contributed by atoms with E-state index in [2.05, 4.69) is 4.90 Å². The predicted octanol–water partition coefficient (Wildman–Crippen LogP) is 3.82. The van der Waals surface area contributed by atoms with Gasteiger partial charge < -0.3 is 10.6 Å². The second-order valence-corrected chi connectivity index (χ2v) is 7.18. The third-order valence-electron chi connectivity index (χ3n) is 5.54. The summed E-state index contributed by atoms with van der Waals surface area (Å²) in [4.78, 5) is 2.15. The van der Waals surface area contributed by atoms with Gasteiger partial charge in [-0.25, -0.2) is 4.39 Å². The highest BCUT2D eigenvalue weighted by Crippen LogP contribution is 2.33. The van der Waals surface area contributed by atoms with Crippen LogP contribution in [-0.4, -0.2) is 19.1 Å². The highest BCUT2D eigenvalue weighted by molar-refractivity contribution is 5.51. The molecule has 2 fully saturated rings. The number of nitrogens with two attached hydrogens (primary N) is 1. The van der Waals surface area contributed by atoms with Crippen LogP contribution in [0.25, 0.3) is 0 Å². The monoisotopic (exact) mass is 315 g/mol. The average molecular weight is 315 g/mol. The summed E-state index contributed by atoms with van der Waals surface area (Å²) in [6.45, 7) is 1.81. The first kappa shape index (κ1) is 16.3. The fraction of sp³-hybridized carbons (Fsp3) is 0.632. The van der Waals surface area contributed by atoms with Crippen LogP contribution in [-0.2, 0) is 0 Å². The molecule has 2 aliphatic rings. The van der Waals surface area contributed by atoms with Crippen LogP contribution in [0.5, 0.6) is 0 Å². The normalized spacial score (nSPS) is 28.4. The molecule has 0 amide bonds. The number of nitrogens with zero attached hydrogens (tertiary/aromatic N) is 2. The van der Waals surface area contributed by atoms with Crippen molar-refractivity contribution in [3.63, 3.8) is 0 Å². The first-order chi connectivity index (χ1) is 11.2. The smallest absolute Gasteiger partial charge is 0.147 e. The van der Waals surface area contributed by atoms with E-state index in [0.29, 0.717) is 29.1 Å². The molecule has 0 bridgehead atoms. The lowest BCUT2D eigenvalue weighted by molar-refractivity contribution is 0.236. The summed E-state index contributed by atoms with van der Waals surface area (Å²) in [7, 11) is 0. The van der Waals surface area contributed by atoms with E-state index in [9.17, 15) is 4.39 Å². The number of anilines is 1. The molecule has 1 aromatic carbocycles. The summed E-state index contributed by atoms with van der Waals surface area (Å²) in [6.07, 6.45) is 8.48. The second-order valence-electron chi connectivity index (χ2n) is 7.18. The van der Waals surface area contributed by atoms with E-state index in [-0.39, 0.29) is 5.82 Å². The van der Waals surface area contributed by atoms with Gasteiger partial charge in [0.1, 0.15) is 5.82 Å². The third kappa shape index (κ3) is 3.84. The molecule has 124 valence electrons. The number of hydrogen-bond acceptors (Lipinski definition) is 3. The Bertz CT molecular complexity index is 580. The topological polar surface area (TPSA) is 53.0 Å². The standard InChI is InChI=1S/C19H26FN3/c20-17-11-14(12-21)7-8-19(17)23-9-3-4-15(13-23)10-16-5-1-2-6-18(16)22/h7-8,11,15-16,18H,1-6,9-10,13,22H2/t15?,16-,18+/m0/s1. The number of rotatable bonds is 3. The minimum Gasteiger partial charge on any atom is -0.369 e. The second kappa shape index (κ2) is 7.31. The van der Waals surface area contributed by atoms with Gasteiger partial charge >= 0.3 is 0 Å². The third-order valence-corrected chi connectivity index (χ3v) is 5.54. The Morgan fingerprint density at radius 2 is 2.04 bits per heavy atom. The summed E-state index contributed by atoms with van der Waals surface area (Å²) >= 11 is 0. The van der Waals surface area contributed by atoms with Crippen molar-refractivity contribution >= 4 is 5.69 Å². The fourth-order valence-corrected chi connectivity index (χ4v) is 4.27. The van der Waals surface area contributed by atoms with Crippen LogP contribution in [0.3, 0.4) is 0 Å². The summed E-state index contributed by atoms with van der Waals surface area (Å²) in [5.41, 5.74) is 7.32. The lowest BCUT2D eigenvalue weighted by atomic mass is 9.77. The zero-order chi connectivity index (χ0) is 16.2. The van der Waals surface area contributed by atoms with Crippen molar-refractivity contribution in [3.8, 4) is 6.07 Å². The number of nitriles is 1. The number of hydrogen-bond donors (Lipinski definition) is 1. The SMILES string of the molecule is N#Cc1ccc(N2CCCC(C[C@@H]3CCCC[C@H]3N)C2)c(F)c1. The lowest BCUT2D eigenvalue weighted by Crippen LogP contribution is -2.40. The van der Waals surface area contributed by atoms with E-state index < -0.39 is 0 Å². The van der Waals surface area contributed by atoms with E-state index in [0.717, 1.165) is 25.9 Å². The van der Waals surface area contributed by atoms with Crippen LogP contribution in [0.15, 0.2) is 18.2 Å². The molecule has 1 saturated carbocycles. The Kier molecular flexibility index (Phi) is 5.17. The Morgan fingerprint density at radius 1 is 1.22 bits per heavy atom. The highest BCUT2D eigenvalue weighted by Gasteiger charge is 2.28. The zero-order valence-corrected chi connectivity index (χ0v) is 13.7. The summed E-state index contributed by atoms with van der Waals surface area (Å²) in [5.74, 6) is 0.964. The van der Waals surface area contributed by atoms with E-state index in [1.54, 1.807) is 12.1 Å². The first-order valence-electron chi connectivity index (χ1n) is 8.87. The largest absolute Gasteiger partial charge is 0.369 e. The number of benzene rings is 1. The maximum atomic E-state index is 14.3. The van der Waals surface area contributed by atoms with Crippen LogP contribution < -0.4 is 10.6 Å². The average Bonchev–Trinajstić information content (AvgIpc) is 2.57. The van der Waals surface area contributed by atoms with Crippen molar-refractivity contribution in [2.75, 3.05) is 18.0 Å². The fourth-order valence-electron chi connectivity index (χ4n) is 4.27. The quantitative estimate of drug-likeness (QED) is 0.922. The molecule has 0 aromatic heterocycles. The van der Waals surface area contributed by atoms with Gasteiger partial charge in [-0.3, -0.25) is 0 Å². The van der Waals surface area contributed by atoms with Crippen molar-refractivity contribution < 1.29 is 4.39 Å². The molecular formula is C19H26FN3. The zero-order valence-electron chi connectivity index (χ0n) is 13.7. The molecule has 0 radical (unpaired) electrons. The summed E-state index contributed by atoms with van der Waals surface area (Å²) < 4.78 is 14.3. The van der Waals surface area contributed by atoms with Gasteiger partial charge in [0.2, 0.25) is 0 Å². The molecule has 0 spiro atoms. The van der Waals surface area contributed by atoms with E-state index in [1.165, 1.54) is 38.2 Å².